The molecule has 2 unspecified atom stereocenters. The summed E-state index contributed by atoms with van der Waals surface area (Å²) in [4.78, 5) is 19.4. The van der Waals surface area contributed by atoms with Crippen molar-refractivity contribution in [2.45, 2.75) is 50.9 Å². The summed E-state index contributed by atoms with van der Waals surface area (Å²) in [7, 11) is 0. The number of aromatic nitrogens is 2. The fraction of sp³-hybridized carbons (Fsp3) is 0.688. The van der Waals surface area contributed by atoms with Gasteiger partial charge in [-0.15, -0.1) is 0 Å². The van der Waals surface area contributed by atoms with E-state index in [4.69, 9.17) is 0 Å². The zero-order chi connectivity index (χ0) is 17.6. The first-order valence-electron chi connectivity index (χ1n) is 8.26. The third kappa shape index (κ3) is 5.77. The van der Waals surface area contributed by atoms with Gasteiger partial charge in [0.25, 0.3) is 5.91 Å². The van der Waals surface area contributed by atoms with Crippen LogP contribution in [0.15, 0.2) is 18.7 Å². The minimum absolute atomic E-state index is 0.00934. The Balaban J connectivity index is 1.77. The van der Waals surface area contributed by atoms with Gasteiger partial charge in [-0.1, -0.05) is 0 Å². The summed E-state index contributed by atoms with van der Waals surface area (Å²) in [6.07, 6.45) is 6.80. The third-order valence-corrected chi connectivity index (χ3v) is 4.21. The number of nitrogens with one attached hydrogen (secondary N) is 3. The van der Waals surface area contributed by atoms with Crippen molar-refractivity contribution in [3.05, 3.63) is 24.3 Å². The number of hydrazine groups is 1. The topological polar surface area (TPSA) is 99.2 Å². The summed E-state index contributed by atoms with van der Waals surface area (Å²) in [5, 5.41) is 12.7. The summed E-state index contributed by atoms with van der Waals surface area (Å²) in [5.74, 6) is 0.0939. The van der Waals surface area contributed by atoms with E-state index in [1.807, 2.05) is 0 Å². The lowest BCUT2D eigenvalue weighted by Gasteiger charge is -2.32. The highest BCUT2D eigenvalue weighted by Crippen LogP contribution is 2.33. The first-order valence-corrected chi connectivity index (χ1v) is 8.26. The molecule has 134 valence electrons. The van der Waals surface area contributed by atoms with E-state index in [-0.39, 0.29) is 18.6 Å². The Hall–Kier alpha value is -1.64. The van der Waals surface area contributed by atoms with E-state index in [0.717, 1.165) is 12.8 Å². The summed E-state index contributed by atoms with van der Waals surface area (Å²) >= 11 is 0. The van der Waals surface area contributed by atoms with Crippen molar-refractivity contribution in [2.24, 2.45) is 5.92 Å². The largest absolute Gasteiger partial charge is 0.395 e. The normalized spacial score (nSPS) is 17.3. The molecule has 0 aliphatic heterocycles. The predicted molar refractivity (Wildman–Crippen MR) is 87.8 cm³/mol. The Morgan fingerprint density at radius 2 is 2.08 bits per heavy atom. The number of carbonyl (C=O) groups excluding carboxylic acids is 1. The number of aliphatic hydroxyl groups excluding tert-OH is 1. The van der Waals surface area contributed by atoms with E-state index in [9.17, 15) is 14.3 Å². The summed E-state index contributed by atoms with van der Waals surface area (Å²) in [5.41, 5.74) is 4.26. The Labute approximate surface area is 141 Å². The zero-order valence-electron chi connectivity index (χ0n) is 14.1. The van der Waals surface area contributed by atoms with Crippen LogP contribution in [-0.2, 0) is 0 Å². The van der Waals surface area contributed by atoms with Gasteiger partial charge in [0.15, 0.2) is 0 Å². The monoisotopic (exact) mass is 339 g/mol. The van der Waals surface area contributed by atoms with Gasteiger partial charge >= 0.3 is 0 Å². The molecule has 0 aromatic carbocycles. The Morgan fingerprint density at radius 3 is 2.62 bits per heavy atom. The van der Waals surface area contributed by atoms with Crippen molar-refractivity contribution in [1.82, 2.24) is 26.1 Å². The van der Waals surface area contributed by atoms with Crippen LogP contribution in [-0.4, -0.2) is 51.9 Å². The smallest absolute Gasteiger partial charge is 0.268 e. The average Bonchev–Trinajstić information content (AvgIpc) is 3.38. The predicted octanol–water partition coefficient (Wildman–Crippen LogP) is 0.578. The molecule has 0 radical (unpaired) electrons. The molecule has 24 heavy (non-hydrogen) atoms. The molecule has 1 aliphatic carbocycles. The Morgan fingerprint density at radius 1 is 1.42 bits per heavy atom. The van der Waals surface area contributed by atoms with Gasteiger partial charge in [0, 0.05) is 31.0 Å². The summed E-state index contributed by atoms with van der Waals surface area (Å²) in [6, 6.07) is -0.485. The van der Waals surface area contributed by atoms with Crippen LogP contribution in [0.1, 0.15) is 43.5 Å². The van der Waals surface area contributed by atoms with E-state index < -0.39 is 11.7 Å². The number of rotatable bonds is 10. The summed E-state index contributed by atoms with van der Waals surface area (Å²) < 4.78 is 14.4. The van der Waals surface area contributed by atoms with E-state index in [2.05, 4.69) is 26.1 Å². The zero-order valence-corrected chi connectivity index (χ0v) is 14.1. The number of halogens is 1. The second kappa shape index (κ2) is 8.46. The molecule has 1 amide bonds. The van der Waals surface area contributed by atoms with Crippen LogP contribution in [0, 0.1) is 5.92 Å². The molecular weight excluding hydrogens is 313 g/mol. The highest BCUT2D eigenvalue weighted by Gasteiger charge is 2.36. The second-order valence-corrected chi connectivity index (χ2v) is 6.71. The van der Waals surface area contributed by atoms with Crippen molar-refractivity contribution in [1.29, 1.82) is 0 Å². The first-order chi connectivity index (χ1) is 11.4. The Kier molecular flexibility index (Phi) is 6.59. The van der Waals surface area contributed by atoms with E-state index in [1.54, 1.807) is 0 Å². The maximum atomic E-state index is 14.4. The molecule has 1 aromatic rings. The second-order valence-electron chi connectivity index (χ2n) is 6.71. The van der Waals surface area contributed by atoms with Gasteiger partial charge in [0.2, 0.25) is 0 Å². The van der Waals surface area contributed by atoms with Gasteiger partial charge < -0.3 is 10.4 Å². The minimum Gasteiger partial charge on any atom is -0.395 e. The van der Waals surface area contributed by atoms with Crippen LogP contribution >= 0.6 is 0 Å². The molecule has 7 nitrogen and oxygen atoms in total. The molecule has 2 atom stereocenters. The minimum atomic E-state index is -1.43. The number of alkyl halides is 1. The van der Waals surface area contributed by atoms with Crippen LogP contribution in [0.25, 0.3) is 0 Å². The van der Waals surface area contributed by atoms with Crippen LogP contribution in [0.4, 0.5) is 4.39 Å². The number of amides is 1. The van der Waals surface area contributed by atoms with Gasteiger partial charge in [0.1, 0.15) is 12.0 Å². The van der Waals surface area contributed by atoms with Gasteiger partial charge in [0.05, 0.1) is 12.2 Å². The lowest BCUT2D eigenvalue weighted by Crippen LogP contribution is -2.52. The highest BCUT2D eigenvalue weighted by molar-refractivity contribution is 5.93. The summed E-state index contributed by atoms with van der Waals surface area (Å²) in [6.45, 7) is 3.44. The van der Waals surface area contributed by atoms with Crippen molar-refractivity contribution in [3.63, 3.8) is 0 Å². The first kappa shape index (κ1) is 18.7. The maximum absolute atomic E-state index is 14.4. The van der Waals surface area contributed by atoms with Gasteiger partial charge in [-0.05, 0) is 39.0 Å². The quantitative estimate of drug-likeness (QED) is 0.368. The number of nitrogens with zero attached hydrogens (tertiary/aromatic N) is 2. The van der Waals surface area contributed by atoms with Crippen molar-refractivity contribution < 1.29 is 14.3 Å². The lowest BCUT2D eigenvalue weighted by molar-refractivity contribution is 0.0923. The van der Waals surface area contributed by atoms with Crippen LogP contribution in [0.5, 0.6) is 0 Å². The molecule has 4 N–H and O–H groups in total. The van der Waals surface area contributed by atoms with Crippen LogP contribution in [0.2, 0.25) is 0 Å². The number of aliphatic hydroxyl groups is 1. The van der Waals surface area contributed by atoms with E-state index in [1.165, 1.54) is 32.6 Å². The van der Waals surface area contributed by atoms with Crippen molar-refractivity contribution in [3.8, 4) is 0 Å². The number of carbonyl (C=O) groups is 1. The molecule has 2 rings (SSSR count). The van der Waals surface area contributed by atoms with Crippen LogP contribution < -0.4 is 16.2 Å². The molecular formula is C16H26FN5O2. The molecule has 1 aromatic heterocycles. The van der Waals surface area contributed by atoms with Gasteiger partial charge in [-0.25, -0.2) is 19.8 Å². The number of hydrogen-bond acceptors (Lipinski definition) is 6. The standard InChI is InChI=1S/C16H26FN5O2/c1-16(2,17)14(21-13(9-23)11-3-4-11)5-6-20-22-15(24)12-7-18-10-19-8-12/h7-8,10-11,13-14,20-21,23H,3-6,9H2,1-2H3,(H,22,24). The molecule has 0 spiro atoms. The van der Waals surface area contributed by atoms with Crippen LogP contribution in [0.3, 0.4) is 0 Å². The maximum Gasteiger partial charge on any atom is 0.268 e. The van der Waals surface area contributed by atoms with Crippen molar-refractivity contribution >= 4 is 5.91 Å². The average molecular weight is 339 g/mol. The number of hydrogen-bond donors (Lipinski definition) is 4. The molecule has 1 saturated carbocycles. The molecule has 0 bridgehead atoms. The third-order valence-electron chi connectivity index (χ3n) is 4.21. The van der Waals surface area contributed by atoms with E-state index in [0.29, 0.717) is 24.4 Å². The van der Waals surface area contributed by atoms with Crippen molar-refractivity contribution in [2.75, 3.05) is 13.2 Å². The fourth-order valence-electron chi connectivity index (χ4n) is 2.57. The molecule has 1 heterocycles. The Bertz CT molecular complexity index is 519. The SMILES string of the molecule is CC(C)(F)C(CCNNC(=O)c1cncnc1)NC(CO)C1CC1. The van der Waals surface area contributed by atoms with Gasteiger partial charge in [-0.3, -0.25) is 10.2 Å². The van der Waals surface area contributed by atoms with E-state index >= 15 is 0 Å². The fourth-order valence-corrected chi connectivity index (χ4v) is 2.57. The highest BCUT2D eigenvalue weighted by atomic mass is 19.1. The van der Waals surface area contributed by atoms with Gasteiger partial charge in [-0.2, -0.15) is 0 Å². The molecule has 1 aliphatic rings. The molecule has 1 fully saturated rings. The molecule has 0 saturated heterocycles. The lowest BCUT2D eigenvalue weighted by atomic mass is 9.96. The molecule has 8 heteroatoms.